The molecule has 3 fully saturated rings. The molecule has 2 N–H and O–H groups in total. The molecule has 1 heterocycles. The molecule has 0 spiro atoms. The minimum atomic E-state index is 0.186. The maximum Gasteiger partial charge on any atom is 0.234 e. The van der Waals surface area contributed by atoms with Gasteiger partial charge in [-0.2, -0.15) is 0 Å². The summed E-state index contributed by atoms with van der Waals surface area (Å²) in [6, 6.07) is 0.461. The highest BCUT2D eigenvalue weighted by Crippen LogP contribution is 2.32. The molecule has 3 rings (SSSR count). The van der Waals surface area contributed by atoms with Crippen LogP contribution in [0, 0.1) is 5.92 Å². The Morgan fingerprint density at radius 1 is 1.13 bits per heavy atom. The van der Waals surface area contributed by atoms with Crippen molar-refractivity contribution in [1.29, 1.82) is 0 Å². The van der Waals surface area contributed by atoms with Crippen molar-refractivity contribution in [3.05, 3.63) is 0 Å². The van der Waals surface area contributed by atoms with E-state index in [1.807, 2.05) is 0 Å². The molecule has 6 nitrogen and oxygen atoms in total. The van der Waals surface area contributed by atoms with Gasteiger partial charge in [0, 0.05) is 45.3 Å². The summed E-state index contributed by atoms with van der Waals surface area (Å²) in [4.78, 5) is 21.3. The summed E-state index contributed by atoms with van der Waals surface area (Å²) in [6.07, 6.45) is 6.34. The highest BCUT2D eigenvalue weighted by Gasteiger charge is 2.26. The van der Waals surface area contributed by atoms with E-state index in [0.717, 1.165) is 64.0 Å². The van der Waals surface area contributed by atoms with Crippen molar-refractivity contribution in [2.24, 2.45) is 10.9 Å². The highest BCUT2D eigenvalue weighted by molar-refractivity contribution is 5.80. The summed E-state index contributed by atoms with van der Waals surface area (Å²) >= 11 is 0. The Bertz CT molecular complexity index is 423. The molecule has 0 radical (unpaired) electrons. The third-order valence-electron chi connectivity index (χ3n) is 4.81. The predicted octanol–water partition coefficient (Wildman–Crippen LogP) is 0.648. The van der Waals surface area contributed by atoms with Crippen molar-refractivity contribution >= 4 is 11.9 Å². The van der Waals surface area contributed by atoms with Crippen LogP contribution in [0.4, 0.5) is 0 Å². The molecule has 0 atom stereocenters. The summed E-state index contributed by atoms with van der Waals surface area (Å²) in [5.74, 6) is 2.17. The van der Waals surface area contributed by atoms with E-state index >= 15 is 0 Å². The summed E-state index contributed by atoms with van der Waals surface area (Å²) in [6.45, 7) is 8.28. The average molecular weight is 321 g/mol. The molecule has 2 aliphatic carbocycles. The van der Waals surface area contributed by atoms with E-state index in [9.17, 15) is 4.79 Å². The van der Waals surface area contributed by atoms with Crippen molar-refractivity contribution in [3.8, 4) is 0 Å². The first kappa shape index (κ1) is 16.6. The van der Waals surface area contributed by atoms with Gasteiger partial charge in [0.25, 0.3) is 0 Å². The van der Waals surface area contributed by atoms with Crippen LogP contribution in [0.2, 0.25) is 0 Å². The summed E-state index contributed by atoms with van der Waals surface area (Å²) in [5.41, 5.74) is 0. The lowest BCUT2D eigenvalue weighted by atomic mass is 10.3. The van der Waals surface area contributed by atoms with Crippen LogP contribution < -0.4 is 10.6 Å². The molecule has 0 bridgehead atoms. The normalized spacial score (nSPS) is 23.0. The molecule has 23 heavy (non-hydrogen) atoms. The van der Waals surface area contributed by atoms with Crippen LogP contribution in [0.15, 0.2) is 4.99 Å². The van der Waals surface area contributed by atoms with Gasteiger partial charge in [-0.05, 0) is 32.1 Å². The zero-order valence-corrected chi connectivity index (χ0v) is 14.4. The topological polar surface area (TPSA) is 60.0 Å². The second-order valence-corrected chi connectivity index (χ2v) is 7.07. The zero-order valence-electron chi connectivity index (χ0n) is 14.4. The first-order valence-electron chi connectivity index (χ1n) is 9.29. The van der Waals surface area contributed by atoms with Crippen LogP contribution in [-0.4, -0.2) is 73.5 Å². The molecule has 6 heteroatoms. The van der Waals surface area contributed by atoms with Crippen molar-refractivity contribution in [3.63, 3.8) is 0 Å². The number of nitrogens with zero attached hydrogens (tertiary/aromatic N) is 3. The maximum absolute atomic E-state index is 11.9. The smallest absolute Gasteiger partial charge is 0.234 e. The van der Waals surface area contributed by atoms with Gasteiger partial charge in [-0.25, -0.2) is 0 Å². The fourth-order valence-electron chi connectivity index (χ4n) is 3.01. The lowest BCUT2D eigenvalue weighted by Crippen LogP contribution is -2.54. The number of rotatable bonds is 7. The van der Waals surface area contributed by atoms with Gasteiger partial charge in [-0.15, -0.1) is 0 Å². The van der Waals surface area contributed by atoms with E-state index in [-0.39, 0.29) is 5.91 Å². The third-order valence-corrected chi connectivity index (χ3v) is 4.81. The summed E-state index contributed by atoms with van der Waals surface area (Å²) in [7, 11) is 0. The number of carbonyl (C=O) groups is 1. The number of hydrogen-bond donors (Lipinski definition) is 2. The maximum atomic E-state index is 11.9. The van der Waals surface area contributed by atoms with Crippen LogP contribution >= 0.6 is 0 Å². The van der Waals surface area contributed by atoms with E-state index in [2.05, 4.69) is 27.4 Å². The second kappa shape index (κ2) is 7.99. The SMILES string of the molecule is CCNC(=NCCC1CC1)N1CCN(CC(=O)NC2CC2)CC1. The van der Waals surface area contributed by atoms with Crippen molar-refractivity contribution in [1.82, 2.24) is 20.4 Å². The number of guanidine groups is 1. The van der Waals surface area contributed by atoms with Gasteiger partial charge in [0.05, 0.1) is 6.54 Å². The lowest BCUT2D eigenvalue weighted by Gasteiger charge is -2.36. The molecule has 3 aliphatic rings. The molecule has 2 saturated carbocycles. The Labute approximate surface area is 139 Å². The monoisotopic (exact) mass is 321 g/mol. The molecule has 0 unspecified atom stereocenters. The molecular weight excluding hydrogens is 290 g/mol. The minimum Gasteiger partial charge on any atom is -0.357 e. The van der Waals surface area contributed by atoms with Crippen molar-refractivity contribution in [2.45, 2.75) is 45.1 Å². The van der Waals surface area contributed by atoms with Crippen LogP contribution in [0.1, 0.15) is 39.0 Å². The van der Waals surface area contributed by atoms with Gasteiger partial charge >= 0.3 is 0 Å². The first-order valence-corrected chi connectivity index (χ1v) is 9.29. The number of nitrogens with one attached hydrogen (secondary N) is 2. The largest absolute Gasteiger partial charge is 0.357 e. The minimum absolute atomic E-state index is 0.186. The summed E-state index contributed by atoms with van der Waals surface area (Å²) < 4.78 is 0. The van der Waals surface area contributed by atoms with E-state index in [0.29, 0.717) is 12.6 Å². The highest BCUT2D eigenvalue weighted by atomic mass is 16.2. The van der Waals surface area contributed by atoms with Crippen molar-refractivity contribution in [2.75, 3.05) is 45.8 Å². The van der Waals surface area contributed by atoms with E-state index in [4.69, 9.17) is 4.99 Å². The van der Waals surface area contributed by atoms with Crippen molar-refractivity contribution < 1.29 is 4.79 Å². The van der Waals surface area contributed by atoms with Gasteiger partial charge in [0.15, 0.2) is 5.96 Å². The molecule has 1 aliphatic heterocycles. The Morgan fingerprint density at radius 2 is 1.87 bits per heavy atom. The number of aliphatic imine (C=N–C) groups is 1. The van der Waals surface area contributed by atoms with Gasteiger partial charge in [-0.3, -0.25) is 14.7 Å². The van der Waals surface area contributed by atoms with Crippen LogP contribution in [0.5, 0.6) is 0 Å². The molecule has 0 aromatic carbocycles. The Hall–Kier alpha value is -1.30. The summed E-state index contributed by atoms with van der Waals surface area (Å²) in [5, 5.41) is 6.48. The fourth-order valence-corrected chi connectivity index (χ4v) is 3.01. The molecular formula is C17H31N5O. The fraction of sp³-hybridized carbons (Fsp3) is 0.882. The molecule has 1 saturated heterocycles. The van der Waals surface area contributed by atoms with Crippen LogP contribution in [-0.2, 0) is 4.79 Å². The number of piperazine rings is 1. The second-order valence-electron chi connectivity index (χ2n) is 7.07. The molecule has 1 amide bonds. The quantitative estimate of drug-likeness (QED) is 0.534. The molecule has 0 aromatic rings. The van der Waals surface area contributed by atoms with Gasteiger partial charge < -0.3 is 15.5 Å². The Kier molecular flexibility index (Phi) is 5.75. The third kappa shape index (κ3) is 5.68. The number of hydrogen-bond acceptors (Lipinski definition) is 3. The van der Waals surface area contributed by atoms with Gasteiger partial charge in [0.1, 0.15) is 0 Å². The zero-order chi connectivity index (χ0) is 16.1. The van der Waals surface area contributed by atoms with E-state index in [1.54, 1.807) is 0 Å². The van der Waals surface area contributed by atoms with E-state index in [1.165, 1.54) is 19.3 Å². The number of amides is 1. The average Bonchev–Trinajstić information content (AvgIpc) is 3.43. The van der Waals surface area contributed by atoms with Crippen LogP contribution in [0.3, 0.4) is 0 Å². The van der Waals surface area contributed by atoms with Gasteiger partial charge in [-0.1, -0.05) is 12.8 Å². The van der Waals surface area contributed by atoms with Crippen LogP contribution in [0.25, 0.3) is 0 Å². The lowest BCUT2D eigenvalue weighted by molar-refractivity contribution is -0.122. The Balaban J connectivity index is 1.40. The Morgan fingerprint density at radius 3 is 2.48 bits per heavy atom. The predicted molar refractivity (Wildman–Crippen MR) is 92.5 cm³/mol. The van der Waals surface area contributed by atoms with E-state index < -0.39 is 0 Å². The molecule has 0 aromatic heterocycles. The first-order chi connectivity index (χ1) is 11.2. The van der Waals surface area contributed by atoms with Gasteiger partial charge in [0.2, 0.25) is 5.91 Å². The number of carbonyl (C=O) groups excluding carboxylic acids is 1. The standard InChI is InChI=1S/C17H31N5O/c1-2-18-17(19-8-7-14-3-4-14)22-11-9-21(10-12-22)13-16(23)20-15-5-6-15/h14-15H,2-13H2,1H3,(H,18,19)(H,20,23). The molecule has 130 valence electrons.